The van der Waals surface area contributed by atoms with Crippen LogP contribution in [-0.2, 0) is 0 Å². The van der Waals surface area contributed by atoms with Gasteiger partial charge in [0.25, 0.3) is 0 Å². The summed E-state index contributed by atoms with van der Waals surface area (Å²) in [6, 6.07) is 7.23. The summed E-state index contributed by atoms with van der Waals surface area (Å²) < 4.78 is 5.46. The van der Waals surface area contributed by atoms with Gasteiger partial charge in [-0.05, 0) is 37.1 Å². The molecule has 17 heavy (non-hydrogen) atoms. The highest BCUT2D eigenvalue weighted by molar-refractivity contribution is 5.96. The zero-order valence-corrected chi connectivity index (χ0v) is 10.6. The second-order valence-electron chi connectivity index (χ2n) is 4.17. The molecule has 0 spiro atoms. The highest BCUT2D eigenvalue weighted by atomic mass is 16.5. The topological polar surface area (TPSA) is 52.3 Å². The van der Waals surface area contributed by atoms with Crippen molar-refractivity contribution in [1.82, 2.24) is 0 Å². The van der Waals surface area contributed by atoms with Gasteiger partial charge >= 0.3 is 0 Å². The predicted molar refractivity (Wildman–Crippen MR) is 69.4 cm³/mol. The predicted octanol–water partition coefficient (Wildman–Crippen LogP) is 2.79. The summed E-state index contributed by atoms with van der Waals surface area (Å²) in [5, 5.41) is 0. The summed E-state index contributed by atoms with van der Waals surface area (Å²) in [5.41, 5.74) is 6.47. The van der Waals surface area contributed by atoms with Gasteiger partial charge < -0.3 is 10.5 Å². The molecule has 3 nitrogen and oxygen atoms in total. The maximum absolute atomic E-state index is 11.8. The van der Waals surface area contributed by atoms with Gasteiger partial charge in [-0.15, -0.1) is 0 Å². The number of Topliss-reactive ketones (excluding diaryl/α,β-unsaturated/α-hetero) is 1. The van der Waals surface area contributed by atoms with E-state index in [2.05, 4.69) is 6.92 Å². The Kier molecular flexibility index (Phi) is 5.70. The number of carbonyl (C=O) groups excluding carboxylic acids is 1. The molecule has 94 valence electrons. The average Bonchev–Trinajstić information content (AvgIpc) is 2.36. The van der Waals surface area contributed by atoms with E-state index >= 15 is 0 Å². The van der Waals surface area contributed by atoms with Crippen LogP contribution in [0.2, 0.25) is 0 Å². The number of hydrogen-bond acceptors (Lipinski definition) is 3. The normalized spacial score (nSPS) is 12.2. The monoisotopic (exact) mass is 235 g/mol. The first-order valence-corrected chi connectivity index (χ1v) is 6.19. The lowest BCUT2D eigenvalue weighted by atomic mass is 10.0. The van der Waals surface area contributed by atoms with E-state index in [1.807, 2.05) is 19.1 Å². The highest BCUT2D eigenvalue weighted by Crippen LogP contribution is 2.14. The minimum Gasteiger partial charge on any atom is -0.494 e. The van der Waals surface area contributed by atoms with Gasteiger partial charge in [-0.2, -0.15) is 0 Å². The maximum atomic E-state index is 11.8. The van der Waals surface area contributed by atoms with E-state index in [0.29, 0.717) is 18.6 Å². The third-order valence-electron chi connectivity index (χ3n) is 2.62. The van der Waals surface area contributed by atoms with Crippen molar-refractivity contribution < 1.29 is 9.53 Å². The van der Waals surface area contributed by atoms with Crippen molar-refractivity contribution in [2.45, 2.75) is 39.2 Å². The number of carbonyl (C=O) groups is 1. The lowest BCUT2D eigenvalue weighted by Crippen LogP contribution is -2.22. The third kappa shape index (κ3) is 4.57. The van der Waals surface area contributed by atoms with E-state index in [0.717, 1.165) is 18.6 Å². The number of hydrogen-bond donors (Lipinski definition) is 1. The van der Waals surface area contributed by atoms with Crippen LogP contribution in [0.25, 0.3) is 0 Å². The number of rotatable bonds is 7. The summed E-state index contributed by atoms with van der Waals surface area (Å²) in [6.45, 7) is 4.75. The number of benzene rings is 1. The van der Waals surface area contributed by atoms with Crippen LogP contribution >= 0.6 is 0 Å². The Morgan fingerprint density at radius 2 is 1.94 bits per heavy atom. The van der Waals surface area contributed by atoms with Gasteiger partial charge in [-0.25, -0.2) is 0 Å². The standard InChI is InChI=1S/C14H21NO2/c1-3-9-17-13-7-5-11(6-8-13)14(16)10-12(15)4-2/h5-8,12H,3-4,9-10,15H2,1-2H3. The molecule has 0 bridgehead atoms. The molecular formula is C14H21NO2. The Morgan fingerprint density at radius 3 is 2.47 bits per heavy atom. The first-order valence-electron chi connectivity index (χ1n) is 6.19. The molecule has 0 aliphatic rings. The van der Waals surface area contributed by atoms with Crippen LogP contribution in [0.15, 0.2) is 24.3 Å². The second kappa shape index (κ2) is 7.07. The number of ether oxygens (including phenoxy) is 1. The van der Waals surface area contributed by atoms with Crippen LogP contribution in [0.1, 0.15) is 43.5 Å². The molecule has 1 aromatic carbocycles. The zero-order chi connectivity index (χ0) is 12.7. The summed E-state index contributed by atoms with van der Waals surface area (Å²) >= 11 is 0. The molecule has 0 saturated heterocycles. The Balaban J connectivity index is 2.57. The fraction of sp³-hybridized carbons (Fsp3) is 0.500. The number of nitrogens with two attached hydrogens (primary N) is 1. The molecule has 1 aromatic rings. The molecule has 0 aromatic heterocycles. The molecule has 0 aliphatic carbocycles. The van der Waals surface area contributed by atoms with Crippen LogP contribution in [0.4, 0.5) is 0 Å². The summed E-state index contributed by atoms with van der Waals surface area (Å²) in [7, 11) is 0. The molecule has 1 rings (SSSR count). The maximum Gasteiger partial charge on any atom is 0.164 e. The molecule has 3 heteroatoms. The molecule has 0 aliphatic heterocycles. The molecule has 0 saturated carbocycles. The van der Waals surface area contributed by atoms with Crippen molar-refractivity contribution in [2.24, 2.45) is 5.73 Å². The minimum absolute atomic E-state index is 0.0430. The van der Waals surface area contributed by atoms with Gasteiger partial charge in [-0.1, -0.05) is 13.8 Å². The van der Waals surface area contributed by atoms with Crippen molar-refractivity contribution in [2.75, 3.05) is 6.61 Å². The van der Waals surface area contributed by atoms with Crippen molar-refractivity contribution in [3.05, 3.63) is 29.8 Å². The first kappa shape index (κ1) is 13.7. The fourth-order valence-corrected chi connectivity index (χ4v) is 1.46. The van der Waals surface area contributed by atoms with Gasteiger partial charge in [-0.3, -0.25) is 4.79 Å². The van der Waals surface area contributed by atoms with E-state index in [1.54, 1.807) is 12.1 Å². The van der Waals surface area contributed by atoms with Crippen molar-refractivity contribution in [1.29, 1.82) is 0 Å². The Labute approximate surface area is 103 Å². The molecule has 1 unspecified atom stereocenters. The SMILES string of the molecule is CCCOc1ccc(C(=O)CC(N)CC)cc1. The van der Waals surface area contributed by atoms with E-state index in [-0.39, 0.29) is 11.8 Å². The number of ketones is 1. The average molecular weight is 235 g/mol. The van der Waals surface area contributed by atoms with E-state index in [4.69, 9.17) is 10.5 Å². The second-order valence-corrected chi connectivity index (χ2v) is 4.17. The van der Waals surface area contributed by atoms with Crippen molar-refractivity contribution >= 4 is 5.78 Å². The highest BCUT2D eigenvalue weighted by Gasteiger charge is 2.10. The molecule has 1 atom stereocenters. The Hall–Kier alpha value is -1.35. The van der Waals surface area contributed by atoms with Gasteiger partial charge in [0.05, 0.1) is 6.61 Å². The van der Waals surface area contributed by atoms with Gasteiger partial charge in [0.15, 0.2) is 5.78 Å². The first-order chi connectivity index (χ1) is 8.17. The smallest absolute Gasteiger partial charge is 0.164 e. The summed E-state index contributed by atoms with van der Waals surface area (Å²) in [4.78, 5) is 11.8. The molecule has 0 heterocycles. The zero-order valence-electron chi connectivity index (χ0n) is 10.6. The van der Waals surface area contributed by atoms with Gasteiger partial charge in [0, 0.05) is 18.0 Å². The van der Waals surface area contributed by atoms with Crippen LogP contribution in [0.3, 0.4) is 0 Å². The quantitative estimate of drug-likeness (QED) is 0.739. The van der Waals surface area contributed by atoms with Gasteiger partial charge in [0.1, 0.15) is 5.75 Å². The van der Waals surface area contributed by atoms with Crippen LogP contribution < -0.4 is 10.5 Å². The van der Waals surface area contributed by atoms with Crippen LogP contribution in [0, 0.1) is 0 Å². The fourth-order valence-electron chi connectivity index (χ4n) is 1.46. The minimum atomic E-state index is -0.0430. The summed E-state index contributed by atoms with van der Waals surface area (Å²) in [6.07, 6.45) is 2.21. The van der Waals surface area contributed by atoms with E-state index < -0.39 is 0 Å². The Bertz CT molecular complexity index is 346. The lowest BCUT2D eigenvalue weighted by molar-refractivity contribution is 0.0974. The van der Waals surface area contributed by atoms with Gasteiger partial charge in [0.2, 0.25) is 0 Å². The largest absolute Gasteiger partial charge is 0.494 e. The van der Waals surface area contributed by atoms with E-state index in [9.17, 15) is 4.79 Å². The van der Waals surface area contributed by atoms with Crippen molar-refractivity contribution in [3.8, 4) is 5.75 Å². The lowest BCUT2D eigenvalue weighted by Gasteiger charge is -2.08. The van der Waals surface area contributed by atoms with Crippen LogP contribution in [-0.4, -0.2) is 18.4 Å². The molecule has 2 N–H and O–H groups in total. The van der Waals surface area contributed by atoms with Crippen LogP contribution in [0.5, 0.6) is 5.75 Å². The Morgan fingerprint density at radius 1 is 1.29 bits per heavy atom. The van der Waals surface area contributed by atoms with E-state index in [1.165, 1.54) is 0 Å². The molecule has 0 amide bonds. The third-order valence-corrected chi connectivity index (χ3v) is 2.62. The molecule has 0 fully saturated rings. The van der Waals surface area contributed by atoms with Crippen molar-refractivity contribution in [3.63, 3.8) is 0 Å². The molecular weight excluding hydrogens is 214 g/mol. The summed E-state index contributed by atoms with van der Waals surface area (Å²) in [5.74, 6) is 0.907. The molecule has 0 radical (unpaired) electrons.